The molecule has 1 unspecified atom stereocenters. The van der Waals surface area contributed by atoms with Crippen LogP contribution in [0.25, 0.3) is 0 Å². The number of hydrogen-bond acceptors (Lipinski definition) is 5. The monoisotopic (exact) mass is 397 g/mol. The fourth-order valence-electron chi connectivity index (χ4n) is 2.53. The first-order chi connectivity index (χ1) is 13.8. The first kappa shape index (κ1) is 21.4. The van der Waals surface area contributed by atoms with Crippen LogP contribution in [0.15, 0.2) is 48.5 Å². The van der Waals surface area contributed by atoms with E-state index in [9.17, 15) is 14.7 Å². The van der Waals surface area contributed by atoms with Gasteiger partial charge in [0.15, 0.2) is 0 Å². The molecule has 0 bridgehead atoms. The Morgan fingerprint density at radius 3 is 2.21 bits per heavy atom. The van der Waals surface area contributed by atoms with E-state index in [1.807, 2.05) is 0 Å². The van der Waals surface area contributed by atoms with Crippen LogP contribution in [-0.4, -0.2) is 41.3 Å². The zero-order valence-corrected chi connectivity index (χ0v) is 15.6. The van der Waals surface area contributed by atoms with Gasteiger partial charge >= 0.3 is 5.97 Å². The molecule has 8 N–H and O–H groups in total. The molecule has 2 aromatic rings. The summed E-state index contributed by atoms with van der Waals surface area (Å²) in [6, 6.07) is 11.7. The lowest BCUT2D eigenvalue weighted by Gasteiger charge is -2.15. The molecule has 29 heavy (non-hydrogen) atoms. The molecule has 2 rings (SSSR count). The van der Waals surface area contributed by atoms with Crippen LogP contribution < -0.4 is 21.5 Å². The van der Waals surface area contributed by atoms with Gasteiger partial charge in [-0.15, -0.1) is 0 Å². The topological polar surface area (TPSA) is 175 Å². The lowest BCUT2D eigenvalue weighted by atomic mass is 10.1. The molecular formula is C20H23N5O4. The van der Waals surface area contributed by atoms with Crippen molar-refractivity contribution < 1.29 is 19.4 Å². The van der Waals surface area contributed by atoms with E-state index in [1.54, 1.807) is 24.3 Å². The van der Waals surface area contributed by atoms with Gasteiger partial charge in [-0.3, -0.25) is 15.6 Å². The molecule has 0 spiro atoms. The number of ether oxygens (including phenoxy) is 1. The summed E-state index contributed by atoms with van der Waals surface area (Å²) in [6.07, 6.45) is 0.573. The molecule has 0 aromatic heterocycles. The van der Waals surface area contributed by atoms with E-state index in [1.165, 1.54) is 24.3 Å². The molecule has 152 valence electrons. The zero-order chi connectivity index (χ0) is 21.4. The normalized spacial score (nSPS) is 11.3. The van der Waals surface area contributed by atoms with Gasteiger partial charge in [0, 0.05) is 16.7 Å². The number of hydrogen-bond donors (Lipinski definition) is 6. The van der Waals surface area contributed by atoms with Crippen molar-refractivity contribution in [3.63, 3.8) is 0 Å². The highest BCUT2D eigenvalue weighted by molar-refractivity contribution is 5.99. The third-order valence-corrected chi connectivity index (χ3v) is 4.11. The third kappa shape index (κ3) is 6.35. The van der Waals surface area contributed by atoms with Gasteiger partial charge in [0.25, 0.3) is 5.91 Å². The van der Waals surface area contributed by atoms with E-state index in [-0.39, 0.29) is 30.3 Å². The standard InChI is InChI=1S/C20H23N5O4/c21-17(22)12-6-8-13(9-7-12)19(26)25-16(20(27)28)5-2-10-29-15-4-1-3-14(11-15)18(23)24/h1,3-4,6-9,11,16H,2,5,10H2,(H3,21,22)(H3,23,24)(H,25,26)(H,27,28). The van der Waals surface area contributed by atoms with E-state index in [0.717, 1.165) is 0 Å². The van der Waals surface area contributed by atoms with Crippen molar-refractivity contribution in [1.29, 1.82) is 10.8 Å². The maximum atomic E-state index is 12.3. The number of nitrogen functional groups attached to an aromatic ring is 2. The summed E-state index contributed by atoms with van der Waals surface area (Å²) < 4.78 is 5.56. The quantitative estimate of drug-likeness (QED) is 0.200. The smallest absolute Gasteiger partial charge is 0.326 e. The first-order valence-electron chi connectivity index (χ1n) is 8.83. The number of amides is 1. The Bertz CT molecular complexity index is 911. The molecular weight excluding hydrogens is 374 g/mol. The average Bonchev–Trinajstić information content (AvgIpc) is 2.70. The molecule has 0 saturated heterocycles. The molecule has 0 aliphatic carbocycles. The Morgan fingerprint density at radius 2 is 1.62 bits per heavy atom. The lowest BCUT2D eigenvalue weighted by Crippen LogP contribution is -2.41. The highest BCUT2D eigenvalue weighted by Gasteiger charge is 2.20. The predicted octanol–water partition coefficient (Wildman–Crippen LogP) is 1.30. The van der Waals surface area contributed by atoms with Crippen LogP contribution >= 0.6 is 0 Å². The highest BCUT2D eigenvalue weighted by atomic mass is 16.5. The number of nitrogens with two attached hydrogens (primary N) is 2. The first-order valence-corrected chi connectivity index (χ1v) is 8.83. The molecule has 0 heterocycles. The van der Waals surface area contributed by atoms with Crippen LogP contribution in [0.5, 0.6) is 5.75 Å². The third-order valence-electron chi connectivity index (χ3n) is 4.11. The molecule has 0 fully saturated rings. The number of carbonyl (C=O) groups is 2. The van der Waals surface area contributed by atoms with Crippen molar-refractivity contribution >= 4 is 23.5 Å². The van der Waals surface area contributed by atoms with Gasteiger partial charge < -0.3 is 26.6 Å². The number of benzene rings is 2. The minimum Gasteiger partial charge on any atom is -0.494 e. The molecule has 9 nitrogen and oxygen atoms in total. The van der Waals surface area contributed by atoms with Gasteiger partial charge in [-0.1, -0.05) is 24.3 Å². The number of nitrogens with one attached hydrogen (secondary N) is 3. The zero-order valence-electron chi connectivity index (χ0n) is 15.6. The maximum Gasteiger partial charge on any atom is 0.326 e. The van der Waals surface area contributed by atoms with Gasteiger partial charge in [0.1, 0.15) is 23.5 Å². The van der Waals surface area contributed by atoms with Gasteiger partial charge in [-0.25, -0.2) is 4.79 Å². The molecule has 0 aliphatic rings. The second-order valence-electron chi connectivity index (χ2n) is 6.29. The summed E-state index contributed by atoms with van der Waals surface area (Å²) >= 11 is 0. The van der Waals surface area contributed by atoms with E-state index in [4.69, 9.17) is 27.0 Å². The van der Waals surface area contributed by atoms with Crippen LogP contribution in [0.1, 0.15) is 34.3 Å². The molecule has 0 radical (unpaired) electrons. The van der Waals surface area contributed by atoms with E-state index < -0.39 is 17.9 Å². The summed E-state index contributed by atoms with van der Waals surface area (Å²) in [6.45, 7) is 0.244. The van der Waals surface area contributed by atoms with Crippen LogP contribution in [0, 0.1) is 10.8 Å². The van der Waals surface area contributed by atoms with Gasteiger partial charge in [-0.05, 0) is 37.1 Å². The minimum atomic E-state index is -1.14. The maximum absolute atomic E-state index is 12.3. The van der Waals surface area contributed by atoms with Crippen molar-refractivity contribution in [2.75, 3.05) is 6.61 Å². The van der Waals surface area contributed by atoms with E-state index in [2.05, 4.69) is 5.32 Å². The predicted molar refractivity (Wildman–Crippen MR) is 109 cm³/mol. The summed E-state index contributed by atoms with van der Waals surface area (Å²) in [5.41, 5.74) is 12.1. The van der Waals surface area contributed by atoms with Crippen molar-refractivity contribution in [2.45, 2.75) is 18.9 Å². The second kappa shape index (κ2) is 9.88. The Hall–Kier alpha value is -3.88. The number of amidine groups is 2. The largest absolute Gasteiger partial charge is 0.494 e. The minimum absolute atomic E-state index is 0.0690. The Kier molecular flexibility index (Phi) is 7.30. The highest BCUT2D eigenvalue weighted by Crippen LogP contribution is 2.14. The van der Waals surface area contributed by atoms with Crippen molar-refractivity contribution in [2.24, 2.45) is 11.5 Å². The van der Waals surface area contributed by atoms with Crippen LogP contribution in [0.2, 0.25) is 0 Å². The van der Waals surface area contributed by atoms with Crippen LogP contribution in [0.3, 0.4) is 0 Å². The fourth-order valence-corrected chi connectivity index (χ4v) is 2.53. The Balaban J connectivity index is 1.87. The Labute approximate surface area is 167 Å². The molecule has 9 heteroatoms. The average molecular weight is 397 g/mol. The number of rotatable bonds is 10. The summed E-state index contributed by atoms with van der Waals surface area (Å²) in [7, 11) is 0. The van der Waals surface area contributed by atoms with Crippen molar-refractivity contribution in [3.8, 4) is 5.75 Å². The fraction of sp³-hybridized carbons (Fsp3) is 0.200. The summed E-state index contributed by atoms with van der Waals surface area (Å²) in [4.78, 5) is 23.7. The number of aliphatic carboxylic acids is 1. The summed E-state index contributed by atoms with van der Waals surface area (Å²) in [5, 5.41) is 26.6. The molecule has 0 saturated carbocycles. The number of carboxylic acid groups (broad SMARTS) is 1. The van der Waals surface area contributed by atoms with Crippen LogP contribution in [0.4, 0.5) is 0 Å². The summed E-state index contributed by atoms with van der Waals surface area (Å²) in [5.74, 6) is -1.33. The van der Waals surface area contributed by atoms with Crippen molar-refractivity contribution in [1.82, 2.24) is 5.32 Å². The second-order valence-corrected chi connectivity index (χ2v) is 6.29. The van der Waals surface area contributed by atoms with Crippen molar-refractivity contribution in [3.05, 3.63) is 65.2 Å². The molecule has 2 aromatic carbocycles. The number of carbonyl (C=O) groups excluding carboxylic acids is 1. The van der Waals surface area contributed by atoms with Gasteiger partial charge in [0.2, 0.25) is 0 Å². The van der Waals surface area contributed by atoms with Crippen LogP contribution in [-0.2, 0) is 4.79 Å². The van der Waals surface area contributed by atoms with Gasteiger partial charge in [-0.2, -0.15) is 0 Å². The van der Waals surface area contributed by atoms with E-state index >= 15 is 0 Å². The molecule has 1 atom stereocenters. The van der Waals surface area contributed by atoms with E-state index in [0.29, 0.717) is 23.3 Å². The Morgan fingerprint density at radius 1 is 1.00 bits per heavy atom. The number of carboxylic acids is 1. The lowest BCUT2D eigenvalue weighted by molar-refractivity contribution is -0.139. The molecule has 0 aliphatic heterocycles. The molecule has 1 amide bonds. The van der Waals surface area contributed by atoms with Gasteiger partial charge in [0.05, 0.1) is 6.61 Å². The SMILES string of the molecule is N=C(N)c1ccc(C(=O)NC(CCCOc2cccc(C(=N)N)c2)C(=O)O)cc1.